The molecule has 3 rings (SSSR count). The Hall–Kier alpha value is -3.17. The van der Waals surface area contributed by atoms with Gasteiger partial charge < -0.3 is 9.47 Å². The number of rotatable bonds is 4. The number of esters is 1. The van der Waals surface area contributed by atoms with Gasteiger partial charge in [0.1, 0.15) is 0 Å². The zero-order valence-electron chi connectivity index (χ0n) is 15.1. The Bertz CT molecular complexity index is 1040. The summed E-state index contributed by atoms with van der Waals surface area (Å²) in [5, 5.41) is 17.1. The van der Waals surface area contributed by atoms with E-state index in [1.54, 1.807) is 24.3 Å². The molecule has 0 fully saturated rings. The van der Waals surface area contributed by atoms with Crippen LogP contribution >= 0.6 is 23.2 Å². The molecule has 1 amide bonds. The molecule has 150 valence electrons. The van der Waals surface area contributed by atoms with Crippen molar-refractivity contribution >= 4 is 46.7 Å². The molecule has 0 saturated carbocycles. The number of nitro benzene ring substituents is 1. The zero-order valence-corrected chi connectivity index (χ0v) is 16.6. The number of hydrogen-bond acceptors (Lipinski definition) is 7. The lowest BCUT2D eigenvalue weighted by molar-refractivity contribution is -0.385. The van der Waals surface area contributed by atoms with Gasteiger partial charge in [0.2, 0.25) is 23.8 Å². The number of hydrazone groups is 1. The van der Waals surface area contributed by atoms with E-state index in [-0.39, 0.29) is 22.2 Å². The topological polar surface area (TPSA) is 111 Å². The first-order valence-corrected chi connectivity index (χ1v) is 8.90. The second kappa shape index (κ2) is 8.06. The van der Waals surface area contributed by atoms with Gasteiger partial charge in [0, 0.05) is 35.5 Å². The highest BCUT2D eigenvalue weighted by Gasteiger charge is 2.36. The maximum atomic E-state index is 12.1. The third-order valence-corrected chi connectivity index (χ3v) is 4.30. The highest BCUT2D eigenvalue weighted by molar-refractivity contribution is 6.31. The minimum Gasteiger partial charge on any atom is -0.446 e. The average Bonchev–Trinajstić information content (AvgIpc) is 3.08. The molecule has 2 aromatic rings. The minimum absolute atomic E-state index is 0.00165. The SMILES string of the molecule is CC(=O)Oc1c(C2=NN(C(C)=O)C(c3ccc(Cl)cc3)O2)cc(Cl)cc1[N+](=O)[O-]. The van der Waals surface area contributed by atoms with Crippen molar-refractivity contribution < 1.29 is 24.0 Å². The van der Waals surface area contributed by atoms with Crippen LogP contribution in [0.2, 0.25) is 10.0 Å². The number of hydrogen-bond donors (Lipinski definition) is 0. The molecule has 1 atom stereocenters. The van der Waals surface area contributed by atoms with Crippen LogP contribution in [0, 0.1) is 10.1 Å². The largest absolute Gasteiger partial charge is 0.446 e. The molecule has 1 heterocycles. The number of ether oxygens (including phenoxy) is 2. The van der Waals surface area contributed by atoms with Gasteiger partial charge in [0.05, 0.1) is 10.5 Å². The second-order valence-corrected chi connectivity index (χ2v) is 6.82. The summed E-state index contributed by atoms with van der Waals surface area (Å²) in [6, 6.07) is 8.87. The lowest BCUT2D eigenvalue weighted by atomic mass is 10.1. The van der Waals surface area contributed by atoms with Crippen LogP contribution in [-0.4, -0.2) is 27.7 Å². The third kappa shape index (κ3) is 4.30. The van der Waals surface area contributed by atoms with E-state index in [2.05, 4.69) is 5.10 Å². The summed E-state index contributed by atoms with van der Waals surface area (Å²) in [5.41, 5.74) is -0.0191. The number of amides is 1. The molecule has 11 heteroatoms. The molecule has 0 spiro atoms. The van der Waals surface area contributed by atoms with E-state index in [9.17, 15) is 19.7 Å². The normalized spacial score (nSPS) is 15.5. The van der Waals surface area contributed by atoms with Crippen molar-refractivity contribution in [3.8, 4) is 5.75 Å². The summed E-state index contributed by atoms with van der Waals surface area (Å²) in [7, 11) is 0. The molecule has 0 radical (unpaired) electrons. The van der Waals surface area contributed by atoms with Crippen molar-refractivity contribution in [3.05, 3.63) is 67.7 Å². The van der Waals surface area contributed by atoms with Gasteiger partial charge in [-0.3, -0.25) is 19.7 Å². The van der Waals surface area contributed by atoms with E-state index in [0.717, 1.165) is 18.0 Å². The first-order chi connectivity index (χ1) is 13.7. The van der Waals surface area contributed by atoms with E-state index in [0.29, 0.717) is 10.6 Å². The van der Waals surface area contributed by atoms with Crippen LogP contribution in [0.25, 0.3) is 0 Å². The Morgan fingerprint density at radius 3 is 2.38 bits per heavy atom. The fourth-order valence-corrected chi connectivity index (χ4v) is 2.98. The van der Waals surface area contributed by atoms with Gasteiger partial charge in [-0.2, -0.15) is 5.01 Å². The Morgan fingerprint density at radius 1 is 1.17 bits per heavy atom. The summed E-state index contributed by atoms with van der Waals surface area (Å²) in [6.45, 7) is 2.38. The van der Waals surface area contributed by atoms with Gasteiger partial charge in [-0.1, -0.05) is 35.3 Å². The summed E-state index contributed by atoms with van der Waals surface area (Å²) in [5.74, 6) is -1.77. The first kappa shape index (κ1) is 20.6. The Balaban J connectivity index is 2.11. The molecule has 0 aromatic heterocycles. The van der Waals surface area contributed by atoms with Crippen LogP contribution in [0.5, 0.6) is 5.75 Å². The molecule has 29 heavy (non-hydrogen) atoms. The van der Waals surface area contributed by atoms with E-state index in [1.807, 2.05) is 0 Å². The molecule has 1 aliphatic heterocycles. The molecule has 9 nitrogen and oxygen atoms in total. The van der Waals surface area contributed by atoms with Crippen molar-refractivity contribution in [1.82, 2.24) is 5.01 Å². The van der Waals surface area contributed by atoms with Crippen molar-refractivity contribution in [2.75, 3.05) is 0 Å². The van der Waals surface area contributed by atoms with Gasteiger partial charge >= 0.3 is 11.7 Å². The monoisotopic (exact) mass is 437 g/mol. The van der Waals surface area contributed by atoms with E-state index in [1.165, 1.54) is 13.0 Å². The molecule has 0 N–H and O–H groups in total. The first-order valence-electron chi connectivity index (χ1n) is 8.14. The molecule has 0 saturated heterocycles. The highest BCUT2D eigenvalue weighted by atomic mass is 35.5. The third-order valence-electron chi connectivity index (χ3n) is 3.83. The van der Waals surface area contributed by atoms with Gasteiger partial charge in [0.25, 0.3) is 0 Å². The van der Waals surface area contributed by atoms with Crippen molar-refractivity contribution in [2.24, 2.45) is 5.10 Å². The predicted molar refractivity (Wildman–Crippen MR) is 104 cm³/mol. The quantitative estimate of drug-likeness (QED) is 0.308. The van der Waals surface area contributed by atoms with E-state index >= 15 is 0 Å². The molecule has 1 unspecified atom stereocenters. The van der Waals surface area contributed by atoms with Crippen molar-refractivity contribution in [2.45, 2.75) is 20.1 Å². The molecule has 1 aliphatic rings. The number of nitrogens with zero attached hydrogens (tertiary/aromatic N) is 3. The summed E-state index contributed by atoms with van der Waals surface area (Å²) in [6.07, 6.45) is -0.942. The Labute approximate surface area is 174 Å². The number of halogens is 2. The zero-order chi connectivity index (χ0) is 21.3. The fourth-order valence-electron chi connectivity index (χ4n) is 2.64. The number of nitro groups is 1. The van der Waals surface area contributed by atoms with Gasteiger partial charge in [-0.05, 0) is 18.2 Å². The lowest BCUT2D eigenvalue weighted by Crippen LogP contribution is -2.25. The summed E-state index contributed by atoms with van der Waals surface area (Å²) in [4.78, 5) is 34.2. The molecular formula is C18H13Cl2N3O6. The molecular weight excluding hydrogens is 425 g/mol. The molecule has 2 aromatic carbocycles. The van der Waals surface area contributed by atoms with Gasteiger partial charge in [-0.25, -0.2) is 0 Å². The standard InChI is InChI=1S/C18H13Cl2N3O6/c1-9(24)22-18(11-3-5-12(19)6-4-11)29-17(21-22)14-7-13(20)8-15(23(26)27)16(14)28-10(2)25/h3-8,18H,1-2H3. The van der Waals surface area contributed by atoms with Crippen LogP contribution < -0.4 is 4.74 Å². The van der Waals surface area contributed by atoms with Crippen LogP contribution in [0.3, 0.4) is 0 Å². The van der Waals surface area contributed by atoms with Crippen LogP contribution in [0.1, 0.15) is 31.2 Å². The van der Waals surface area contributed by atoms with Crippen LogP contribution in [0.15, 0.2) is 41.5 Å². The van der Waals surface area contributed by atoms with Crippen LogP contribution in [0.4, 0.5) is 5.69 Å². The Morgan fingerprint density at radius 2 is 1.83 bits per heavy atom. The van der Waals surface area contributed by atoms with Crippen molar-refractivity contribution in [3.63, 3.8) is 0 Å². The highest BCUT2D eigenvalue weighted by Crippen LogP contribution is 2.39. The van der Waals surface area contributed by atoms with E-state index < -0.39 is 28.7 Å². The van der Waals surface area contributed by atoms with E-state index in [4.69, 9.17) is 32.7 Å². The Kier molecular flexibility index (Phi) is 5.71. The minimum atomic E-state index is -0.942. The molecule has 0 aliphatic carbocycles. The molecule has 0 bridgehead atoms. The second-order valence-electron chi connectivity index (χ2n) is 5.94. The van der Waals surface area contributed by atoms with Gasteiger partial charge in [-0.15, -0.1) is 5.10 Å². The summed E-state index contributed by atoms with van der Waals surface area (Å²) < 4.78 is 10.8. The van der Waals surface area contributed by atoms with Crippen molar-refractivity contribution in [1.29, 1.82) is 0 Å². The number of benzene rings is 2. The smallest absolute Gasteiger partial charge is 0.314 e. The predicted octanol–water partition coefficient (Wildman–Crippen LogP) is 4.07. The van der Waals surface area contributed by atoms with Crippen LogP contribution in [-0.2, 0) is 14.3 Å². The van der Waals surface area contributed by atoms with Gasteiger partial charge in [0.15, 0.2) is 0 Å². The number of carbonyl (C=O) groups is 2. The maximum Gasteiger partial charge on any atom is 0.314 e. The summed E-state index contributed by atoms with van der Waals surface area (Å²) >= 11 is 11.9. The average molecular weight is 438 g/mol. The number of carbonyl (C=O) groups excluding carboxylic acids is 2. The lowest BCUT2D eigenvalue weighted by Gasteiger charge is -2.19. The fraction of sp³-hybridized carbons (Fsp3) is 0.167. The maximum absolute atomic E-state index is 12.1.